The van der Waals surface area contributed by atoms with Gasteiger partial charge in [-0.3, -0.25) is 0 Å². The lowest BCUT2D eigenvalue weighted by Gasteiger charge is -2.00. The van der Waals surface area contributed by atoms with Gasteiger partial charge in [-0.1, -0.05) is 0 Å². The van der Waals surface area contributed by atoms with Crippen LogP contribution in [-0.4, -0.2) is 5.11 Å². The van der Waals surface area contributed by atoms with Gasteiger partial charge in [0.25, 0.3) is 0 Å². The predicted octanol–water partition coefficient (Wildman–Crippen LogP) is 2.87. The van der Waals surface area contributed by atoms with Crippen LogP contribution in [0.15, 0.2) is 9.85 Å². The van der Waals surface area contributed by atoms with Crippen LogP contribution in [-0.2, 0) is 0 Å². The molecule has 1 heterocycles. The molecule has 0 radical (unpaired) electrons. The fourth-order valence-corrected chi connectivity index (χ4v) is 2.67. The molecule has 1 unspecified atom stereocenters. The number of hydrogen-bond donors (Lipinski definition) is 1. The number of hydrogen-bond acceptors (Lipinski definition) is 2. The van der Waals surface area contributed by atoms with Crippen molar-refractivity contribution in [2.75, 3.05) is 0 Å². The minimum Gasteiger partial charge on any atom is -0.389 e. The number of rotatable bonds is 1. The topological polar surface area (TPSA) is 20.2 Å². The molecule has 1 nitrogen and oxygen atoms in total. The summed E-state index contributed by atoms with van der Waals surface area (Å²) in [5.74, 6) is 0. The van der Waals surface area contributed by atoms with Crippen LogP contribution in [0.3, 0.4) is 0 Å². The summed E-state index contributed by atoms with van der Waals surface area (Å²) in [6, 6.07) is 1.96. The van der Waals surface area contributed by atoms with E-state index < -0.39 is 0 Å². The van der Waals surface area contributed by atoms with Gasteiger partial charge in [0.1, 0.15) is 0 Å². The molecular formula is C7H9BrOS. The molecule has 10 heavy (non-hydrogen) atoms. The van der Waals surface area contributed by atoms with E-state index >= 15 is 0 Å². The molecule has 1 rings (SSSR count). The fourth-order valence-electron chi connectivity index (χ4n) is 0.873. The molecular weight excluding hydrogens is 212 g/mol. The van der Waals surface area contributed by atoms with Crippen molar-refractivity contribution in [3.05, 3.63) is 20.3 Å². The number of thiophene rings is 1. The van der Waals surface area contributed by atoms with Crippen molar-refractivity contribution < 1.29 is 5.11 Å². The molecule has 0 bridgehead atoms. The molecule has 1 N–H and O–H groups in total. The molecule has 1 atom stereocenters. The van der Waals surface area contributed by atoms with Gasteiger partial charge in [0.2, 0.25) is 0 Å². The highest BCUT2D eigenvalue weighted by atomic mass is 79.9. The molecule has 0 aliphatic heterocycles. The van der Waals surface area contributed by atoms with Crippen molar-refractivity contribution in [1.82, 2.24) is 0 Å². The molecule has 0 saturated carbocycles. The predicted molar refractivity (Wildman–Crippen MR) is 47.4 cm³/mol. The van der Waals surface area contributed by atoms with Gasteiger partial charge in [-0.15, -0.1) is 11.3 Å². The average molecular weight is 221 g/mol. The molecule has 0 amide bonds. The van der Waals surface area contributed by atoms with Crippen molar-refractivity contribution in [2.24, 2.45) is 0 Å². The Hall–Kier alpha value is 0.140. The first-order valence-corrected chi connectivity index (χ1v) is 4.66. The number of halogens is 1. The standard InChI is InChI=1S/C7H9BrOS/c1-4(9)6-3-7(8)10-5(6)2/h3-4,9H,1-2H3. The largest absolute Gasteiger partial charge is 0.389 e. The van der Waals surface area contributed by atoms with Gasteiger partial charge in [-0.05, 0) is 41.4 Å². The summed E-state index contributed by atoms with van der Waals surface area (Å²) >= 11 is 5.01. The summed E-state index contributed by atoms with van der Waals surface area (Å²) < 4.78 is 1.08. The second-order valence-corrected chi connectivity index (χ2v) is 4.87. The first-order valence-electron chi connectivity index (χ1n) is 3.05. The zero-order chi connectivity index (χ0) is 7.72. The van der Waals surface area contributed by atoms with Crippen LogP contribution in [0.5, 0.6) is 0 Å². The minimum absolute atomic E-state index is 0.345. The smallest absolute Gasteiger partial charge is 0.0772 e. The van der Waals surface area contributed by atoms with Crippen LogP contribution in [0.25, 0.3) is 0 Å². The van der Waals surface area contributed by atoms with Gasteiger partial charge in [-0.2, -0.15) is 0 Å². The van der Waals surface area contributed by atoms with Crippen LogP contribution in [0.2, 0.25) is 0 Å². The quantitative estimate of drug-likeness (QED) is 0.773. The Labute approximate surface area is 72.8 Å². The lowest BCUT2D eigenvalue weighted by molar-refractivity contribution is 0.199. The summed E-state index contributed by atoms with van der Waals surface area (Å²) in [4.78, 5) is 1.18. The van der Waals surface area contributed by atoms with Gasteiger partial charge in [0.15, 0.2) is 0 Å². The highest BCUT2D eigenvalue weighted by molar-refractivity contribution is 9.11. The van der Waals surface area contributed by atoms with E-state index in [0.29, 0.717) is 0 Å². The maximum absolute atomic E-state index is 9.20. The highest BCUT2D eigenvalue weighted by Gasteiger charge is 2.07. The van der Waals surface area contributed by atoms with E-state index in [4.69, 9.17) is 0 Å². The lowest BCUT2D eigenvalue weighted by atomic mass is 10.2. The minimum atomic E-state index is -0.345. The van der Waals surface area contributed by atoms with E-state index in [9.17, 15) is 5.11 Å². The normalized spacial score (nSPS) is 13.6. The SMILES string of the molecule is Cc1sc(Br)cc1C(C)O. The van der Waals surface area contributed by atoms with Gasteiger partial charge >= 0.3 is 0 Å². The maximum Gasteiger partial charge on any atom is 0.0772 e. The van der Waals surface area contributed by atoms with Crippen LogP contribution < -0.4 is 0 Å². The molecule has 0 aromatic carbocycles. The molecule has 0 saturated heterocycles. The van der Waals surface area contributed by atoms with Crippen LogP contribution in [0.1, 0.15) is 23.5 Å². The Morgan fingerprint density at radius 3 is 2.50 bits per heavy atom. The van der Waals surface area contributed by atoms with Crippen molar-refractivity contribution in [3.63, 3.8) is 0 Å². The van der Waals surface area contributed by atoms with Gasteiger partial charge in [0, 0.05) is 4.88 Å². The van der Waals surface area contributed by atoms with E-state index in [2.05, 4.69) is 15.9 Å². The van der Waals surface area contributed by atoms with E-state index in [-0.39, 0.29) is 6.10 Å². The fraction of sp³-hybridized carbons (Fsp3) is 0.429. The van der Waals surface area contributed by atoms with E-state index in [0.717, 1.165) is 9.35 Å². The van der Waals surface area contributed by atoms with E-state index in [1.54, 1.807) is 18.3 Å². The van der Waals surface area contributed by atoms with Gasteiger partial charge in [0.05, 0.1) is 9.89 Å². The van der Waals surface area contributed by atoms with Gasteiger partial charge in [-0.25, -0.2) is 0 Å². The van der Waals surface area contributed by atoms with E-state index in [1.807, 2.05) is 13.0 Å². The molecule has 1 aromatic rings. The molecule has 0 fully saturated rings. The molecule has 56 valence electrons. The third-order valence-corrected chi connectivity index (χ3v) is 2.95. The molecule has 3 heteroatoms. The summed E-state index contributed by atoms with van der Waals surface area (Å²) in [7, 11) is 0. The van der Waals surface area contributed by atoms with Crippen molar-refractivity contribution in [3.8, 4) is 0 Å². The molecule has 0 spiro atoms. The highest BCUT2D eigenvalue weighted by Crippen LogP contribution is 2.29. The molecule has 0 aliphatic carbocycles. The number of aliphatic hydroxyl groups is 1. The Morgan fingerprint density at radius 2 is 2.30 bits per heavy atom. The first-order chi connectivity index (χ1) is 4.61. The monoisotopic (exact) mass is 220 g/mol. The maximum atomic E-state index is 9.20. The van der Waals surface area contributed by atoms with Crippen molar-refractivity contribution in [2.45, 2.75) is 20.0 Å². The van der Waals surface area contributed by atoms with E-state index in [1.165, 1.54) is 4.88 Å². The second kappa shape index (κ2) is 3.03. The Balaban J connectivity index is 3.03. The molecule has 0 aliphatic rings. The third kappa shape index (κ3) is 1.59. The Bertz CT molecular complexity index is 230. The zero-order valence-electron chi connectivity index (χ0n) is 5.89. The summed E-state index contributed by atoms with van der Waals surface area (Å²) in [5.41, 5.74) is 1.02. The Morgan fingerprint density at radius 1 is 1.70 bits per heavy atom. The molecule has 1 aromatic heterocycles. The zero-order valence-corrected chi connectivity index (χ0v) is 8.29. The van der Waals surface area contributed by atoms with Crippen molar-refractivity contribution in [1.29, 1.82) is 0 Å². The lowest BCUT2D eigenvalue weighted by Crippen LogP contribution is -1.88. The summed E-state index contributed by atoms with van der Waals surface area (Å²) in [6.07, 6.45) is -0.345. The average Bonchev–Trinajstić information content (AvgIpc) is 2.10. The Kier molecular flexibility index (Phi) is 2.50. The first kappa shape index (κ1) is 8.24. The third-order valence-electron chi connectivity index (χ3n) is 1.38. The summed E-state index contributed by atoms with van der Waals surface area (Å²) in [6.45, 7) is 3.79. The number of aryl methyl sites for hydroxylation is 1. The summed E-state index contributed by atoms with van der Waals surface area (Å²) in [5, 5.41) is 9.20. The number of aliphatic hydroxyl groups excluding tert-OH is 1. The van der Waals surface area contributed by atoms with Gasteiger partial charge < -0.3 is 5.11 Å². The van der Waals surface area contributed by atoms with Crippen LogP contribution >= 0.6 is 27.3 Å². The van der Waals surface area contributed by atoms with Crippen LogP contribution in [0, 0.1) is 6.92 Å². The second-order valence-electron chi connectivity index (χ2n) is 2.24. The van der Waals surface area contributed by atoms with Crippen molar-refractivity contribution >= 4 is 27.3 Å². The van der Waals surface area contributed by atoms with Crippen LogP contribution in [0.4, 0.5) is 0 Å².